The number of aliphatic imine (C=N–C) groups is 1. The molecule has 10 heteroatoms. The van der Waals surface area contributed by atoms with Crippen molar-refractivity contribution in [2.45, 2.75) is 40.5 Å². The second-order valence-corrected chi connectivity index (χ2v) is 7.58. The van der Waals surface area contributed by atoms with Gasteiger partial charge in [0.25, 0.3) is 18.3 Å². The van der Waals surface area contributed by atoms with Crippen LogP contribution in [-0.4, -0.2) is 60.8 Å². The molecule has 3 heterocycles. The van der Waals surface area contributed by atoms with Gasteiger partial charge in [-0.05, 0) is 39.2 Å². The number of hydrogen-bond acceptors (Lipinski definition) is 6. The topological polar surface area (TPSA) is 89.2 Å². The first-order chi connectivity index (χ1) is 14.2. The van der Waals surface area contributed by atoms with E-state index in [1.165, 1.54) is 17.9 Å². The molecule has 0 N–H and O–H groups in total. The second-order valence-electron chi connectivity index (χ2n) is 7.58. The lowest BCUT2D eigenvalue weighted by molar-refractivity contribution is 0.0646. The Kier molecular flexibility index (Phi) is 6.33. The van der Waals surface area contributed by atoms with Gasteiger partial charge in [-0.2, -0.15) is 10.1 Å². The molecule has 0 saturated carbocycles. The zero-order chi connectivity index (χ0) is 22.0. The molecular weight excluding hydrogens is 392 g/mol. The molecule has 160 valence electrons. The van der Waals surface area contributed by atoms with E-state index < -0.39 is 6.43 Å². The Morgan fingerprint density at radius 2 is 2.07 bits per heavy atom. The van der Waals surface area contributed by atoms with Crippen molar-refractivity contribution in [1.82, 2.24) is 29.6 Å². The summed E-state index contributed by atoms with van der Waals surface area (Å²) in [7, 11) is 0. The summed E-state index contributed by atoms with van der Waals surface area (Å²) in [5.41, 5.74) is 1.31. The first kappa shape index (κ1) is 21.7. The van der Waals surface area contributed by atoms with Crippen molar-refractivity contribution in [3.63, 3.8) is 0 Å². The van der Waals surface area contributed by atoms with Gasteiger partial charge in [-0.15, -0.1) is 0 Å². The van der Waals surface area contributed by atoms with Crippen molar-refractivity contribution in [3.8, 4) is 0 Å². The fraction of sp³-hybridized carbons (Fsp3) is 0.500. The van der Waals surface area contributed by atoms with Gasteiger partial charge in [0.05, 0.1) is 5.71 Å². The molecule has 0 radical (unpaired) electrons. The van der Waals surface area contributed by atoms with Gasteiger partial charge >= 0.3 is 0 Å². The first-order valence-electron chi connectivity index (χ1n) is 9.71. The molecule has 2 aromatic heterocycles. The Morgan fingerprint density at radius 1 is 1.33 bits per heavy atom. The van der Waals surface area contributed by atoms with E-state index in [2.05, 4.69) is 38.5 Å². The number of halogens is 2. The summed E-state index contributed by atoms with van der Waals surface area (Å²) >= 11 is 0. The summed E-state index contributed by atoms with van der Waals surface area (Å²) in [4.78, 5) is 31.1. The van der Waals surface area contributed by atoms with Crippen LogP contribution in [0.5, 0.6) is 0 Å². The van der Waals surface area contributed by atoms with Gasteiger partial charge < -0.3 is 4.90 Å². The molecular formula is C20H25F2N7O. The zero-order valence-corrected chi connectivity index (χ0v) is 17.5. The minimum Gasteiger partial charge on any atom is -0.337 e. The maximum Gasteiger partial charge on any atom is 0.276 e. The van der Waals surface area contributed by atoms with E-state index >= 15 is 0 Å². The third-order valence-corrected chi connectivity index (χ3v) is 5.25. The summed E-state index contributed by atoms with van der Waals surface area (Å²) in [5, 5.41) is 4.12. The molecule has 3 rings (SSSR count). The van der Waals surface area contributed by atoms with Crippen LogP contribution in [0.2, 0.25) is 0 Å². The molecule has 0 aliphatic carbocycles. The number of alkyl halides is 2. The number of rotatable bonds is 5. The van der Waals surface area contributed by atoms with E-state index in [1.54, 1.807) is 17.9 Å². The van der Waals surface area contributed by atoms with Crippen LogP contribution in [0.25, 0.3) is 5.70 Å². The Labute approximate surface area is 173 Å². The van der Waals surface area contributed by atoms with Gasteiger partial charge in [-0.25, -0.2) is 28.4 Å². The van der Waals surface area contributed by atoms with E-state index in [-0.39, 0.29) is 29.4 Å². The standard InChI is InChI=1S/C20H25F2N7O/c1-11-6-7-28(19(30)17-8-12(2)25-15(5)27-17)9-16(11)14(4)29-20(23-10-24-29)26-13(3)18(21)22/h8,10-11,16,18H,4,6-7,9H2,1-3,5H3/b26-13+/t11-,16-/m1/s1. The lowest BCUT2D eigenvalue weighted by Crippen LogP contribution is -2.44. The maximum atomic E-state index is 13.0. The third-order valence-electron chi connectivity index (χ3n) is 5.25. The molecule has 0 spiro atoms. The molecule has 0 bridgehead atoms. The van der Waals surface area contributed by atoms with Crippen molar-refractivity contribution in [2.75, 3.05) is 13.1 Å². The van der Waals surface area contributed by atoms with Crippen LogP contribution >= 0.6 is 0 Å². The average Bonchev–Trinajstić information content (AvgIpc) is 3.14. The van der Waals surface area contributed by atoms with Crippen LogP contribution in [0.1, 0.15) is 42.3 Å². The number of nitrogens with zero attached hydrogens (tertiary/aromatic N) is 7. The minimum absolute atomic E-state index is 0.0514. The summed E-state index contributed by atoms with van der Waals surface area (Å²) in [6.45, 7) is 12.0. The van der Waals surface area contributed by atoms with Gasteiger partial charge in [0, 0.05) is 30.4 Å². The summed E-state index contributed by atoms with van der Waals surface area (Å²) < 4.78 is 27.1. The van der Waals surface area contributed by atoms with Crippen LogP contribution in [0.3, 0.4) is 0 Å². The largest absolute Gasteiger partial charge is 0.337 e. The Bertz CT molecular complexity index is 965. The summed E-state index contributed by atoms with van der Waals surface area (Å²) in [6, 6.07) is 1.68. The first-order valence-corrected chi connectivity index (χ1v) is 9.71. The van der Waals surface area contributed by atoms with E-state index in [1.807, 2.05) is 6.92 Å². The Morgan fingerprint density at radius 3 is 2.73 bits per heavy atom. The van der Waals surface area contributed by atoms with Crippen molar-refractivity contribution >= 4 is 23.3 Å². The number of piperidine rings is 1. The van der Waals surface area contributed by atoms with Crippen LogP contribution < -0.4 is 0 Å². The lowest BCUT2D eigenvalue weighted by Gasteiger charge is -2.37. The predicted molar refractivity (Wildman–Crippen MR) is 109 cm³/mol. The van der Waals surface area contributed by atoms with Gasteiger partial charge in [0.1, 0.15) is 17.8 Å². The molecule has 1 saturated heterocycles. The quantitative estimate of drug-likeness (QED) is 0.697. The molecule has 1 fully saturated rings. The summed E-state index contributed by atoms with van der Waals surface area (Å²) in [5.74, 6) is 0.514. The second kappa shape index (κ2) is 8.76. The average molecular weight is 417 g/mol. The molecule has 2 atom stereocenters. The highest BCUT2D eigenvalue weighted by molar-refractivity contribution is 5.92. The molecule has 30 heavy (non-hydrogen) atoms. The minimum atomic E-state index is -2.68. The number of carbonyl (C=O) groups is 1. The van der Waals surface area contributed by atoms with E-state index in [0.717, 1.165) is 12.1 Å². The smallest absolute Gasteiger partial charge is 0.276 e. The Hall–Kier alpha value is -3.04. The zero-order valence-electron chi connectivity index (χ0n) is 17.5. The third kappa shape index (κ3) is 4.58. The van der Waals surface area contributed by atoms with Crippen LogP contribution in [-0.2, 0) is 0 Å². The fourth-order valence-corrected chi connectivity index (χ4v) is 3.55. The SMILES string of the molecule is C=C([C@@H]1CN(C(=O)c2cc(C)nc(C)n2)CC[C@H]1C)n1ncnc1/N=C(\C)C(F)F. The van der Waals surface area contributed by atoms with Gasteiger partial charge in [0.2, 0.25) is 0 Å². The van der Waals surface area contributed by atoms with Crippen molar-refractivity contribution in [2.24, 2.45) is 16.8 Å². The molecule has 1 aliphatic rings. The molecule has 2 aromatic rings. The van der Waals surface area contributed by atoms with Gasteiger partial charge in [-0.1, -0.05) is 13.5 Å². The van der Waals surface area contributed by atoms with E-state index in [0.29, 0.717) is 30.3 Å². The molecule has 8 nitrogen and oxygen atoms in total. The number of carbonyl (C=O) groups excluding carboxylic acids is 1. The monoisotopic (exact) mass is 417 g/mol. The molecule has 0 unspecified atom stereocenters. The van der Waals surface area contributed by atoms with Crippen molar-refractivity contribution < 1.29 is 13.6 Å². The highest BCUT2D eigenvalue weighted by atomic mass is 19.3. The van der Waals surface area contributed by atoms with Crippen molar-refractivity contribution in [3.05, 3.63) is 36.2 Å². The highest BCUT2D eigenvalue weighted by Gasteiger charge is 2.33. The molecule has 1 aliphatic heterocycles. The Balaban J connectivity index is 1.83. The number of amides is 1. The van der Waals surface area contributed by atoms with Gasteiger partial charge in [-0.3, -0.25) is 4.79 Å². The molecule has 1 amide bonds. The fourth-order valence-electron chi connectivity index (χ4n) is 3.55. The number of aromatic nitrogens is 5. The number of hydrogen-bond donors (Lipinski definition) is 0. The normalized spacial score (nSPS) is 20.0. The van der Waals surface area contributed by atoms with E-state index in [9.17, 15) is 13.6 Å². The number of likely N-dealkylation sites (tertiary alicyclic amines) is 1. The maximum absolute atomic E-state index is 13.0. The summed E-state index contributed by atoms with van der Waals surface area (Å²) in [6.07, 6.45) is -0.655. The molecule has 0 aromatic carbocycles. The van der Waals surface area contributed by atoms with Crippen LogP contribution in [0.15, 0.2) is 24.0 Å². The van der Waals surface area contributed by atoms with Crippen LogP contribution in [0.4, 0.5) is 14.7 Å². The van der Waals surface area contributed by atoms with Crippen molar-refractivity contribution in [1.29, 1.82) is 0 Å². The van der Waals surface area contributed by atoms with E-state index in [4.69, 9.17) is 0 Å². The highest BCUT2D eigenvalue weighted by Crippen LogP contribution is 2.32. The van der Waals surface area contributed by atoms with Gasteiger partial charge in [0.15, 0.2) is 0 Å². The number of aryl methyl sites for hydroxylation is 2. The predicted octanol–water partition coefficient (Wildman–Crippen LogP) is 3.31. The van der Waals surface area contributed by atoms with Crippen LogP contribution in [0, 0.1) is 25.7 Å². The lowest BCUT2D eigenvalue weighted by atomic mass is 9.85.